The van der Waals surface area contributed by atoms with Crippen LogP contribution in [-0.4, -0.2) is 41.8 Å². The van der Waals surface area contributed by atoms with Gasteiger partial charge in [-0.3, -0.25) is 4.79 Å². The fraction of sp³-hybridized carbons (Fsp3) is 0.286. The number of pyridine rings is 1. The standard InChI is InChI=1S/C21H19F3N4O3/c22-12-21(23,24)18-17(28-20(31-18)13-4-2-1-3-5-13)19(29)27-14-6-7-16(25-10-14)26-15-8-9-30-11-15/h1-7,10,15H,8-9,11-12H2,(H,25,26)(H,27,29). The summed E-state index contributed by atoms with van der Waals surface area (Å²) >= 11 is 0. The van der Waals surface area contributed by atoms with E-state index >= 15 is 0 Å². The van der Waals surface area contributed by atoms with E-state index in [2.05, 4.69) is 20.6 Å². The van der Waals surface area contributed by atoms with E-state index < -0.39 is 30.0 Å². The van der Waals surface area contributed by atoms with Crippen LogP contribution in [-0.2, 0) is 10.7 Å². The summed E-state index contributed by atoms with van der Waals surface area (Å²) < 4.78 is 51.6. The van der Waals surface area contributed by atoms with Crippen molar-refractivity contribution in [3.8, 4) is 11.5 Å². The number of carbonyl (C=O) groups is 1. The van der Waals surface area contributed by atoms with Crippen molar-refractivity contribution >= 4 is 17.4 Å². The first-order chi connectivity index (χ1) is 15.0. The Labute approximate surface area is 175 Å². The third-order valence-corrected chi connectivity index (χ3v) is 4.67. The van der Waals surface area contributed by atoms with Crippen LogP contribution in [0.25, 0.3) is 11.5 Å². The Morgan fingerprint density at radius 1 is 1.19 bits per heavy atom. The Morgan fingerprint density at radius 3 is 2.65 bits per heavy atom. The minimum Gasteiger partial charge on any atom is -0.434 e. The van der Waals surface area contributed by atoms with Gasteiger partial charge >= 0.3 is 5.92 Å². The first-order valence-electron chi connectivity index (χ1n) is 9.58. The highest BCUT2D eigenvalue weighted by molar-refractivity contribution is 6.04. The number of hydrogen-bond acceptors (Lipinski definition) is 6. The van der Waals surface area contributed by atoms with Gasteiger partial charge in [-0.2, -0.15) is 8.78 Å². The molecule has 3 aromatic rings. The molecule has 1 fully saturated rings. The van der Waals surface area contributed by atoms with Crippen molar-refractivity contribution in [2.24, 2.45) is 0 Å². The number of ether oxygens (including phenoxy) is 1. The minimum absolute atomic E-state index is 0.157. The minimum atomic E-state index is -4.00. The quantitative estimate of drug-likeness (QED) is 0.580. The fourth-order valence-electron chi connectivity index (χ4n) is 3.09. The number of aromatic nitrogens is 2. The molecule has 2 aromatic heterocycles. The first kappa shape index (κ1) is 20.9. The van der Waals surface area contributed by atoms with Crippen LogP contribution in [0.4, 0.5) is 24.7 Å². The number of nitrogens with zero attached hydrogens (tertiary/aromatic N) is 2. The number of nitrogens with one attached hydrogen (secondary N) is 2. The van der Waals surface area contributed by atoms with Gasteiger partial charge in [-0.25, -0.2) is 14.4 Å². The van der Waals surface area contributed by atoms with Crippen molar-refractivity contribution in [3.05, 3.63) is 60.1 Å². The van der Waals surface area contributed by atoms with Gasteiger partial charge < -0.3 is 19.8 Å². The smallest absolute Gasteiger partial charge is 0.334 e. The summed E-state index contributed by atoms with van der Waals surface area (Å²) in [5.41, 5.74) is -0.0470. The second-order valence-corrected chi connectivity index (χ2v) is 6.99. The van der Waals surface area contributed by atoms with Crippen molar-refractivity contribution in [1.29, 1.82) is 0 Å². The van der Waals surface area contributed by atoms with Gasteiger partial charge in [0.15, 0.2) is 12.4 Å². The third kappa shape index (κ3) is 4.69. The number of rotatable bonds is 7. The average molecular weight is 432 g/mol. The number of anilines is 2. The Kier molecular flexibility index (Phi) is 5.90. The summed E-state index contributed by atoms with van der Waals surface area (Å²) in [6.07, 6.45) is 2.24. The molecule has 1 amide bonds. The first-order valence-corrected chi connectivity index (χ1v) is 9.58. The second kappa shape index (κ2) is 8.76. The van der Waals surface area contributed by atoms with E-state index in [-0.39, 0.29) is 17.6 Å². The molecule has 2 N–H and O–H groups in total. The van der Waals surface area contributed by atoms with Gasteiger partial charge in [-0.1, -0.05) is 18.2 Å². The molecule has 162 valence electrons. The maximum absolute atomic E-state index is 14.1. The van der Waals surface area contributed by atoms with Crippen LogP contribution < -0.4 is 10.6 Å². The van der Waals surface area contributed by atoms with Crippen LogP contribution in [0.5, 0.6) is 0 Å². The van der Waals surface area contributed by atoms with Crippen LogP contribution in [0.3, 0.4) is 0 Å². The number of alkyl halides is 3. The predicted molar refractivity (Wildman–Crippen MR) is 107 cm³/mol. The number of halogens is 3. The number of benzene rings is 1. The molecule has 1 saturated heterocycles. The summed E-state index contributed by atoms with van der Waals surface area (Å²) in [5, 5.41) is 5.64. The molecule has 31 heavy (non-hydrogen) atoms. The average Bonchev–Trinajstić information content (AvgIpc) is 3.46. The molecule has 1 unspecified atom stereocenters. The highest BCUT2D eigenvalue weighted by atomic mass is 19.3. The molecule has 1 aromatic carbocycles. The highest BCUT2D eigenvalue weighted by Gasteiger charge is 2.42. The summed E-state index contributed by atoms with van der Waals surface area (Å²) in [4.78, 5) is 20.8. The van der Waals surface area contributed by atoms with Crippen LogP contribution in [0.15, 0.2) is 53.1 Å². The number of hydrogen-bond donors (Lipinski definition) is 2. The van der Waals surface area contributed by atoms with E-state index in [9.17, 15) is 18.0 Å². The lowest BCUT2D eigenvalue weighted by Crippen LogP contribution is -2.22. The van der Waals surface area contributed by atoms with Crippen LogP contribution in [0.2, 0.25) is 0 Å². The molecule has 0 spiro atoms. The van der Waals surface area contributed by atoms with Gasteiger partial charge in [0, 0.05) is 12.2 Å². The molecule has 3 heterocycles. The molecular weight excluding hydrogens is 413 g/mol. The molecule has 0 radical (unpaired) electrons. The lowest BCUT2D eigenvalue weighted by atomic mass is 10.2. The lowest BCUT2D eigenvalue weighted by molar-refractivity contribution is -0.0473. The zero-order chi connectivity index (χ0) is 21.8. The Balaban J connectivity index is 1.55. The van der Waals surface area contributed by atoms with Gasteiger partial charge in [0.25, 0.3) is 5.91 Å². The normalized spacial score (nSPS) is 16.3. The topological polar surface area (TPSA) is 89.3 Å². The van der Waals surface area contributed by atoms with Crippen LogP contribution >= 0.6 is 0 Å². The summed E-state index contributed by atoms with van der Waals surface area (Å²) in [6, 6.07) is 11.6. The molecule has 1 aliphatic heterocycles. The molecule has 10 heteroatoms. The van der Waals surface area contributed by atoms with E-state index in [1.54, 1.807) is 42.5 Å². The van der Waals surface area contributed by atoms with E-state index in [4.69, 9.17) is 9.15 Å². The van der Waals surface area contributed by atoms with Crippen molar-refractivity contribution in [2.75, 3.05) is 30.5 Å². The Bertz CT molecular complexity index is 1040. The van der Waals surface area contributed by atoms with Gasteiger partial charge in [-0.15, -0.1) is 0 Å². The summed E-state index contributed by atoms with van der Waals surface area (Å²) in [5.74, 6) is -5.70. The second-order valence-electron chi connectivity index (χ2n) is 6.99. The van der Waals surface area contributed by atoms with Gasteiger partial charge in [0.2, 0.25) is 11.7 Å². The maximum atomic E-state index is 14.1. The lowest BCUT2D eigenvalue weighted by Gasteiger charge is -2.12. The molecule has 7 nitrogen and oxygen atoms in total. The van der Waals surface area contributed by atoms with Crippen LogP contribution in [0, 0.1) is 0 Å². The predicted octanol–water partition coefficient (Wildman–Crippen LogP) is 4.25. The summed E-state index contributed by atoms with van der Waals surface area (Å²) in [7, 11) is 0. The number of amides is 1. The van der Waals surface area contributed by atoms with Crippen LogP contribution in [0.1, 0.15) is 22.7 Å². The van der Waals surface area contributed by atoms with Crippen molar-refractivity contribution in [2.45, 2.75) is 18.4 Å². The van der Waals surface area contributed by atoms with Gasteiger partial charge in [0.05, 0.1) is 24.5 Å². The highest BCUT2D eigenvalue weighted by Crippen LogP contribution is 2.35. The molecule has 4 rings (SSSR count). The van der Waals surface area contributed by atoms with Gasteiger partial charge in [-0.05, 0) is 30.7 Å². The summed E-state index contributed by atoms with van der Waals surface area (Å²) in [6.45, 7) is -0.758. The zero-order valence-corrected chi connectivity index (χ0v) is 16.3. The van der Waals surface area contributed by atoms with E-state index in [1.165, 1.54) is 6.20 Å². The maximum Gasteiger partial charge on any atom is 0.334 e. The van der Waals surface area contributed by atoms with Crippen molar-refractivity contribution in [1.82, 2.24) is 9.97 Å². The van der Waals surface area contributed by atoms with Crippen molar-refractivity contribution in [3.63, 3.8) is 0 Å². The number of carbonyl (C=O) groups excluding carboxylic acids is 1. The zero-order valence-electron chi connectivity index (χ0n) is 16.3. The molecule has 0 saturated carbocycles. The van der Waals surface area contributed by atoms with E-state index in [0.717, 1.165) is 6.42 Å². The number of oxazole rings is 1. The largest absolute Gasteiger partial charge is 0.434 e. The van der Waals surface area contributed by atoms with Gasteiger partial charge in [0.1, 0.15) is 5.82 Å². The fourth-order valence-corrected chi connectivity index (χ4v) is 3.09. The Morgan fingerprint density at radius 2 is 2.00 bits per heavy atom. The SMILES string of the molecule is O=C(Nc1ccc(NC2CCOC2)nc1)c1nc(-c2ccccc2)oc1C(F)(F)CF. The van der Waals surface area contributed by atoms with E-state index in [1.807, 2.05) is 0 Å². The molecule has 1 aliphatic rings. The third-order valence-electron chi connectivity index (χ3n) is 4.67. The molecular formula is C21H19F3N4O3. The van der Waals surface area contributed by atoms with E-state index in [0.29, 0.717) is 24.6 Å². The monoisotopic (exact) mass is 432 g/mol. The molecule has 1 atom stereocenters. The van der Waals surface area contributed by atoms with Crippen molar-refractivity contribution < 1.29 is 27.1 Å². The molecule has 0 bridgehead atoms. The Hall–Kier alpha value is -3.40. The molecule has 0 aliphatic carbocycles.